The van der Waals surface area contributed by atoms with Crippen molar-refractivity contribution < 1.29 is 13.9 Å². The van der Waals surface area contributed by atoms with Crippen molar-refractivity contribution in [3.8, 4) is 11.5 Å². The van der Waals surface area contributed by atoms with Crippen LogP contribution in [-0.2, 0) is 13.0 Å². The van der Waals surface area contributed by atoms with Crippen molar-refractivity contribution in [2.75, 3.05) is 31.8 Å². The first-order valence-corrected chi connectivity index (χ1v) is 11.8. The van der Waals surface area contributed by atoms with Gasteiger partial charge in [0.1, 0.15) is 22.8 Å². The molecular weight excluding hydrogens is 473 g/mol. The van der Waals surface area contributed by atoms with E-state index in [9.17, 15) is 9.18 Å². The van der Waals surface area contributed by atoms with Gasteiger partial charge in [0, 0.05) is 6.54 Å². The molecule has 0 aliphatic heterocycles. The van der Waals surface area contributed by atoms with Crippen LogP contribution in [0.2, 0.25) is 0 Å². The van der Waals surface area contributed by atoms with Gasteiger partial charge in [-0.3, -0.25) is 4.79 Å². The first-order chi connectivity index (χ1) is 18.0. The number of rotatable bonds is 8. The number of aromatic nitrogens is 3. The van der Waals surface area contributed by atoms with Crippen LogP contribution in [0.3, 0.4) is 0 Å². The van der Waals surface area contributed by atoms with E-state index in [0.717, 1.165) is 11.1 Å². The number of anilines is 2. The molecule has 2 heterocycles. The fourth-order valence-electron chi connectivity index (χ4n) is 4.33. The summed E-state index contributed by atoms with van der Waals surface area (Å²) in [5.74, 6) is 1.38. The van der Waals surface area contributed by atoms with Gasteiger partial charge in [0.2, 0.25) is 0 Å². The SMILES string of the molecule is COc1ccc(CCNc2c(N)n(Cc3ccc(F)cc3)c3nc4ccccc4c(=O)nc23)cc1OC. The zero-order chi connectivity index (χ0) is 25.9. The number of methoxy groups -OCH3 is 2. The summed E-state index contributed by atoms with van der Waals surface area (Å²) in [7, 11) is 3.19. The van der Waals surface area contributed by atoms with Gasteiger partial charge >= 0.3 is 0 Å². The molecule has 188 valence electrons. The fourth-order valence-corrected chi connectivity index (χ4v) is 4.33. The summed E-state index contributed by atoms with van der Waals surface area (Å²) in [4.78, 5) is 22.2. The molecule has 0 spiro atoms. The van der Waals surface area contributed by atoms with Gasteiger partial charge < -0.3 is 25.1 Å². The number of nitrogen functional groups attached to an aromatic ring is 1. The topological polar surface area (TPSA) is 104 Å². The van der Waals surface area contributed by atoms with Gasteiger partial charge in [-0.1, -0.05) is 30.3 Å². The van der Waals surface area contributed by atoms with E-state index in [2.05, 4.69) is 10.3 Å². The number of nitrogens with two attached hydrogens (primary N) is 1. The number of halogens is 1. The van der Waals surface area contributed by atoms with Crippen molar-refractivity contribution >= 4 is 33.6 Å². The maximum atomic E-state index is 13.5. The molecule has 0 fully saturated rings. The second-order valence-electron chi connectivity index (χ2n) is 8.56. The Hall–Kier alpha value is -4.66. The van der Waals surface area contributed by atoms with Crippen LogP contribution in [-0.4, -0.2) is 35.3 Å². The van der Waals surface area contributed by atoms with E-state index in [1.165, 1.54) is 12.1 Å². The molecule has 9 heteroatoms. The highest BCUT2D eigenvalue weighted by atomic mass is 19.1. The molecule has 0 bridgehead atoms. The van der Waals surface area contributed by atoms with Crippen LogP contribution in [0.1, 0.15) is 11.1 Å². The molecule has 5 rings (SSSR count). The summed E-state index contributed by atoms with van der Waals surface area (Å²) in [5, 5.41) is 3.78. The summed E-state index contributed by atoms with van der Waals surface area (Å²) in [5.41, 5.74) is 9.98. The first kappa shape index (κ1) is 24.1. The average molecular weight is 500 g/mol. The van der Waals surface area contributed by atoms with Gasteiger partial charge in [0.15, 0.2) is 17.1 Å². The smallest absolute Gasteiger partial charge is 0.279 e. The third-order valence-electron chi connectivity index (χ3n) is 6.24. The Morgan fingerprint density at radius 2 is 1.68 bits per heavy atom. The van der Waals surface area contributed by atoms with Gasteiger partial charge in [-0.05, 0) is 53.9 Å². The van der Waals surface area contributed by atoms with Crippen molar-refractivity contribution in [3.63, 3.8) is 0 Å². The molecule has 0 saturated heterocycles. The number of fused-ring (bicyclic) bond motifs is 2. The standard InChI is InChI=1S/C28H26FN5O3/c1-36-22-12-9-17(15-23(22)37-2)13-14-31-24-25-27(32-21-6-4-3-5-20(21)28(35)33-25)34(26(24)30)16-18-7-10-19(29)11-8-18/h3-12,15,31H,13-14,16,30H2,1-2H3. The summed E-state index contributed by atoms with van der Waals surface area (Å²) in [6.07, 6.45) is 0.656. The number of hydrogen-bond donors (Lipinski definition) is 2. The second-order valence-corrected chi connectivity index (χ2v) is 8.56. The highest BCUT2D eigenvalue weighted by Crippen LogP contribution is 2.32. The van der Waals surface area contributed by atoms with Crippen molar-refractivity contribution in [2.45, 2.75) is 13.0 Å². The molecule has 3 N–H and O–H groups in total. The predicted octanol–water partition coefficient (Wildman–Crippen LogP) is 4.39. The monoisotopic (exact) mass is 499 g/mol. The average Bonchev–Trinajstić information content (AvgIpc) is 3.05. The molecule has 0 unspecified atom stereocenters. The zero-order valence-corrected chi connectivity index (χ0v) is 20.5. The van der Waals surface area contributed by atoms with E-state index in [0.29, 0.717) is 64.6 Å². The Balaban J connectivity index is 1.55. The van der Waals surface area contributed by atoms with Gasteiger partial charge in [-0.25, -0.2) is 14.4 Å². The molecule has 0 aliphatic carbocycles. The largest absolute Gasteiger partial charge is 0.493 e. The Morgan fingerprint density at radius 1 is 0.946 bits per heavy atom. The van der Waals surface area contributed by atoms with Gasteiger partial charge in [0.05, 0.1) is 31.7 Å². The van der Waals surface area contributed by atoms with E-state index in [4.69, 9.17) is 20.2 Å². The number of nitrogens with one attached hydrogen (secondary N) is 1. The summed E-state index contributed by atoms with van der Waals surface area (Å²) >= 11 is 0. The van der Waals surface area contributed by atoms with Crippen LogP contribution < -0.4 is 26.1 Å². The molecule has 0 atom stereocenters. The Morgan fingerprint density at radius 3 is 2.43 bits per heavy atom. The van der Waals surface area contributed by atoms with E-state index in [1.807, 2.05) is 24.3 Å². The zero-order valence-electron chi connectivity index (χ0n) is 20.5. The van der Waals surface area contributed by atoms with Crippen molar-refractivity contribution in [1.82, 2.24) is 14.5 Å². The van der Waals surface area contributed by atoms with Crippen LogP contribution in [0.5, 0.6) is 11.5 Å². The van der Waals surface area contributed by atoms with Gasteiger partial charge in [0.25, 0.3) is 5.56 Å². The summed E-state index contributed by atoms with van der Waals surface area (Å²) in [6.45, 7) is 0.852. The Kier molecular flexibility index (Phi) is 6.59. The van der Waals surface area contributed by atoms with Crippen LogP contribution in [0.15, 0.2) is 71.5 Å². The molecular formula is C28H26FN5O3. The van der Waals surface area contributed by atoms with E-state index in [-0.39, 0.29) is 11.4 Å². The second kappa shape index (κ2) is 10.1. The molecule has 2 aromatic heterocycles. The predicted molar refractivity (Wildman–Crippen MR) is 143 cm³/mol. The number of ether oxygens (including phenoxy) is 2. The van der Waals surface area contributed by atoms with Crippen molar-refractivity contribution in [2.24, 2.45) is 0 Å². The van der Waals surface area contributed by atoms with Gasteiger partial charge in [-0.2, -0.15) is 0 Å². The quantitative estimate of drug-likeness (QED) is 0.326. The Bertz CT molecular complexity index is 1650. The lowest BCUT2D eigenvalue weighted by Gasteiger charge is -2.11. The number of nitrogens with zero attached hydrogens (tertiary/aromatic N) is 3. The molecule has 0 amide bonds. The maximum absolute atomic E-state index is 13.5. The van der Waals surface area contributed by atoms with Crippen LogP contribution in [0.4, 0.5) is 15.9 Å². The molecule has 0 radical (unpaired) electrons. The third-order valence-corrected chi connectivity index (χ3v) is 6.24. The first-order valence-electron chi connectivity index (χ1n) is 11.8. The minimum atomic E-state index is -0.389. The van der Waals surface area contributed by atoms with Crippen LogP contribution >= 0.6 is 0 Å². The molecule has 0 saturated carbocycles. The highest BCUT2D eigenvalue weighted by molar-refractivity contribution is 5.96. The van der Waals surface area contributed by atoms with Crippen molar-refractivity contribution in [1.29, 1.82) is 0 Å². The molecule has 0 aliphatic rings. The van der Waals surface area contributed by atoms with E-state index >= 15 is 0 Å². The highest BCUT2D eigenvalue weighted by Gasteiger charge is 2.19. The fraction of sp³-hybridized carbons (Fsp3) is 0.179. The summed E-state index contributed by atoms with van der Waals surface area (Å²) < 4.78 is 26.0. The number of hydrogen-bond acceptors (Lipinski definition) is 7. The minimum absolute atomic E-state index is 0.320. The molecule has 37 heavy (non-hydrogen) atoms. The number of benzene rings is 3. The van der Waals surface area contributed by atoms with Crippen LogP contribution in [0, 0.1) is 5.82 Å². The third kappa shape index (κ3) is 4.75. The molecule has 3 aromatic carbocycles. The maximum Gasteiger partial charge on any atom is 0.279 e. The lowest BCUT2D eigenvalue weighted by atomic mass is 10.1. The molecule has 8 nitrogen and oxygen atoms in total. The minimum Gasteiger partial charge on any atom is -0.493 e. The lowest BCUT2D eigenvalue weighted by molar-refractivity contribution is 0.354. The summed E-state index contributed by atoms with van der Waals surface area (Å²) in [6, 6.07) is 19.0. The number of para-hydroxylation sites is 1. The van der Waals surface area contributed by atoms with Crippen LogP contribution in [0.25, 0.3) is 22.1 Å². The van der Waals surface area contributed by atoms with E-state index in [1.54, 1.807) is 49.1 Å². The lowest BCUT2D eigenvalue weighted by Crippen LogP contribution is -2.10. The van der Waals surface area contributed by atoms with E-state index < -0.39 is 0 Å². The van der Waals surface area contributed by atoms with Gasteiger partial charge in [-0.15, -0.1) is 0 Å². The Labute approximate surface area is 212 Å². The molecule has 5 aromatic rings. The van der Waals surface area contributed by atoms with Crippen molar-refractivity contribution in [3.05, 3.63) is 94.0 Å². The normalized spacial score (nSPS) is 11.1.